The van der Waals surface area contributed by atoms with Crippen molar-refractivity contribution in [2.24, 2.45) is 0 Å². The number of aliphatic carboxylic acids is 1. The monoisotopic (exact) mass is 655 g/mol. The Morgan fingerprint density at radius 2 is 1.54 bits per heavy atom. The Morgan fingerprint density at radius 1 is 0.913 bits per heavy atom. The maximum absolute atomic E-state index is 13.2. The molecule has 2 heterocycles. The normalized spacial score (nSPS) is 14.4. The second-order valence-electron chi connectivity index (χ2n) is 11.5. The van der Waals surface area contributed by atoms with Crippen LogP contribution in [0.5, 0.6) is 11.5 Å². The van der Waals surface area contributed by atoms with E-state index in [0.29, 0.717) is 23.7 Å². The number of rotatable bonds is 11. The molecular weight excluding hydrogens is 619 g/mol. The first-order valence-electron chi connectivity index (χ1n) is 14.7. The van der Waals surface area contributed by atoms with Crippen LogP contribution in [0.1, 0.15) is 36.4 Å². The third kappa shape index (κ3) is 7.94. The van der Waals surface area contributed by atoms with Crippen LogP contribution in [-0.2, 0) is 23.3 Å². The number of hydrogen-bond donors (Lipinski definition) is 1. The van der Waals surface area contributed by atoms with Crippen molar-refractivity contribution in [2.75, 3.05) is 38.2 Å². The Morgan fingerprint density at radius 3 is 2.13 bits per heavy atom. The lowest BCUT2D eigenvalue weighted by atomic mass is 10.1. The SMILES string of the molecule is COc1ccc(N2CCN(Cc3nn(-c4ccc(C(F)(F)F)cc4)nc3CSc3ccc(OC(C)(C)C(=O)O)c(C)c3)CC2)cc1. The number of aromatic nitrogens is 3. The third-order valence-corrected chi connectivity index (χ3v) is 8.78. The van der Waals surface area contributed by atoms with Gasteiger partial charge in [0, 0.05) is 49.1 Å². The Hall–Kier alpha value is -4.23. The number of aryl methyl sites for hydroxylation is 1. The number of nitrogens with zero attached hydrogens (tertiary/aromatic N) is 5. The van der Waals surface area contributed by atoms with E-state index >= 15 is 0 Å². The summed E-state index contributed by atoms with van der Waals surface area (Å²) in [5, 5.41) is 18.8. The summed E-state index contributed by atoms with van der Waals surface area (Å²) in [5.74, 6) is 0.711. The summed E-state index contributed by atoms with van der Waals surface area (Å²) in [6.45, 7) is 8.66. The summed E-state index contributed by atoms with van der Waals surface area (Å²) in [6, 6.07) is 18.3. The number of benzene rings is 3. The van der Waals surface area contributed by atoms with Crippen LogP contribution < -0.4 is 14.4 Å². The number of thioether (sulfide) groups is 1. The number of methoxy groups -OCH3 is 1. The second kappa shape index (κ2) is 13.6. The van der Waals surface area contributed by atoms with Gasteiger partial charge in [-0.25, -0.2) is 4.79 Å². The third-order valence-electron chi connectivity index (χ3n) is 7.77. The molecule has 1 saturated heterocycles. The zero-order valence-corrected chi connectivity index (χ0v) is 26.9. The minimum absolute atomic E-state index is 0.438. The molecule has 1 aromatic heterocycles. The van der Waals surface area contributed by atoms with E-state index in [0.717, 1.165) is 71.6 Å². The summed E-state index contributed by atoms with van der Waals surface area (Å²) in [6.07, 6.45) is -4.43. The molecule has 1 aliphatic heterocycles. The van der Waals surface area contributed by atoms with Gasteiger partial charge in [-0.15, -0.1) is 11.8 Å². The molecule has 0 atom stereocenters. The largest absolute Gasteiger partial charge is 0.497 e. The molecular formula is C33H36F3N5O4S. The number of carboxylic acids is 1. The predicted octanol–water partition coefficient (Wildman–Crippen LogP) is 6.46. The Bertz CT molecular complexity index is 1650. The minimum atomic E-state index is -4.43. The van der Waals surface area contributed by atoms with Crippen molar-refractivity contribution in [2.45, 2.75) is 49.7 Å². The van der Waals surface area contributed by atoms with Gasteiger partial charge in [-0.1, -0.05) is 0 Å². The van der Waals surface area contributed by atoms with Crippen LogP contribution in [0, 0.1) is 6.92 Å². The molecule has 9 nitrogen and oxygen atoms in total. The van der Waals surface area contributed by atoms with Crippen LogP contribution >= 0.6 is 11.8 Å². The molecule has 5 rings (SSSR count). The van der Waals surface area contributed by atoms with Gasteiger partial charge in [-0.2, -0.15) is 28.2 Å². The zero-order chi connectivity index (χ0) is 33.1. The molecule has 1 aliphatic rings. The number of anilines is 1. The van der Waals surface area contributed by atoms with E-state index < -0.39 is 23.3 Å². The highest BCUT2D eigenvalue weighted by Gasteiger charge is 2.31. The molecule has 0 saturated carbocycles. The molecule has 1 fully saturated rings. The standard InChI is InChI=1S/C33H36F3N5O4S/c1-22-19-27(13-14-30(22)45-32(2,3)31(42)43)46-21-29-28(37-41(38-29)25-7-5-23(6-8-25)33(34,35)36)20-39-15-17-40(18-16-39)24-9-11-26(44-4)12-10-24/h5-14,19H,15-18,20-21H2,1-4H3,(H,42,43). The first kappa shape index (κ1) is 33.1. The van der Waals surface area contributed by atoms with Gasteiger partial charge < -0.3 is 19.5 Å². The maximum atomic E-state index is 13.2. The molecule has 46 heavy (non-hydrogen) atoms. The molecule has 0 spiro atoms. The topological polar surface area (TPSA) is 93.0 Å². The van der Waals surface area contributed by atoms with Crippen molar-refractivity contribution in [1.82, 2.24) is 19.9 Å². The Kier molecular flexibility index (Phi) is 9.82. The number of halogens is 3. The van der Waals surface area contributed by atoms with Gasteiger partial charge in [0.2, 0.25) is 0 Å². The highest BCUT2D eigenvalue weighted by molar-refractivity contribution is 7.98. The lowest BCUT2D eigenvalue weighted by molar-refractivity contribution is -0.152. The Balaban J connectivity index is 1.32. The summed E-state index contributed by atoms with van der Waals surface area (Å²) in [4.78, 5) is 18.5. The predicted molar refractivity (Wildman–Crippen MR) is 170 cm³/mol. The molecule has 13 heteroatoms. The van der Waals surface area contributed by atoms with Crippen molar-refractivity contribution >= 4 is 23.4 Å². The van der Waals surface area contributed by atoms with Gasteiger partial charge >= 0.3 is 12.1 Å². The van der Waals surface area contributed by atoms with Crippen molar-refractivity contribution in [1.29, 1.82) is 0 Å². The maximum Gasteiger partial charge on any atom is 0.416 e. The summed E-state index contributed by atoms with van der Waals surface area (Å²) < 4.78 is 50.5. The molecule has 244 valence electrons. The van der Waals surface area contributed by atoms with E-state index in [1.54, 1.807) is 13.2 Å². The van der Waals surface area contributed by atoms with Crippen molar-refractivity contribution in [3.05, 3.63) is 89.2 Å². The van der Waals surface area contributed by atoms with Crippen LogP contribution in [0.2, 0.25) is 0 Å². The van der Waals surface area contributed by atoms with Gasteiger partial charge in [0.25, 0.3) is 0 Å². The van der Waals surface area contributed by atoms with E-state index in [1.807, 2.05) is 43.3 Å². The number of alkyl halides is 3. The molecule has 1 N–H and O–H groups in total. The quantitative estimate of drug-likeness (QED) is 0.183. The van der Waals surface area contributed by atoms with Gasteiger partial charge in [0.05, 0.1) is 24.1 Å². The van der Waals surface area contributed by atoms with Crippen molar-refractivity contribution in [3.8, 4) is 17.2 Å². The minimum Gasteiger partial charge on any atom is -0.497 e. The summed E-state index contributed by atoms with van der Waals surface area (Å²) >= 11 is 1.54. The molecule has 0 aliphatic carbocycles. The van der Waals surface area contributed by atoms with Crippen LogP contribution in [0.25, 0.3) is 5.69 Å². The van der Waals surface area contributed by atoms with Crippen molar-refractivity contribution in [3.63, 3.8) is 0 Å². The van der Waals surface area contributed by atoms with E-state index in [9.17, 15) is 23.1 Å². The van der Waals surface area contributed by atoms with E-state index in [2.05, 4.69) is 9.80 Å². The first-order valence-corrected chi connectivity index (χ1v) is 15.7. The van der Waals surface area contributed by atoms with E-state index in [1.165, 1.54) is 42.5 Å². The summed E-state index contributed by atoms with van der Waals surface area (Å²) in [7, 11) is 1.64. The van der Waals surface area contributed by atoms with E-state index in [-0.39, 0.29) is 0 Å². The molecule has 3 aromatic carbocycles. The molecule has 0 unspecified atom stereocenters. The number of carboxylic acid groups (broad SMARTS) is 1. The number of carbonyl (C=O) groups is 1. The molecule has 0 radical (unpaired) electrons. The highest BCUT2D eigenvalue weighted by Crippen LogP contribution is 2.32. The number of piperazine rings is 1. The first-order chi connectivity index (χ1) is 21.8. The lowest BCUT2D eigenvalue weighted by Crippen LogP contribution is -2.46. The van der Waals surface area contributed by atoms with Gasteiger partial charge in [0.15, 0.2) is 5.60 Å². The van der Waals surface area contributed by atoms with Crippen LogP contribution in [0.4, 0.5) is 18.9 Å². The smallest absolute Gasteiger partial charge is 0.416 e. The van der Waals surface area contributed by atoms with E-state index in [4.69, 9.17) is 19.7 Å². The van der Waals surface area contributed by atoms with Gasteiger partial charge in [0.1, 0.15) is 17.2 Å². The average molecular weight is 656 g/mol. The summed E-state index contributed by atoms with van der Waals surface area (Å²) in [5.41, 5.74) is 1.74. The zero-order valence-electron chi connectivity index (χ0n) is 26.0. The lowest BCUT2D eigenvalue weighted by Gasteiger charge is -2.35. The van der Waals surface area contributed by atoms with Gasteiger partial charge in [-0.3, -0.25) is 4.90 Å². The van der Waals surface area contributed by atoms with Crippen LogP contribution in [0.15, 0.2) is 71.6 Å². The molecule has 0 bridgehead atoms. The number of hydrogen-bond acceptors (Lipinski definition) is 8. The fourth-order valence-electron chi connectivity index (χ4n) is 4.97. The van der Waals surface area contributed by atoms with Gasteiger partial charge in [-0.05, 0) is 93.1 Å². The fraction of sp³-hybridized carbons (Fsp3) is 0.364. The van der Waals surface area contributed by atoms with Crippen LogP contribution in [-0.4, -0.2) is 69.9 Å². The Labute approximate surface area is 269 Å². The number of ether oxygens (including phenoxy) is 2. The van der Waals surface area contributed by atoms with Crippen LogP contribution in [0.3, 0.4) is 0 Å². The highest BCUT2D eigenvalue weighted by atomic mass is 32.2. The molecule has 4 aromatic rings. The fourth-order valence-corrected chi connectivity index (χ4v) is 5.92. The average Bonchev–Trinajstić information content (AvgIpc) is 3.43. The van der Waals surface area contributed by atoms with Crippen molar-refractivity contribution < 1.29 is 32.5 Å². The molecule has 0 amide bonds. The second-order valence-corrected chi connectivity index (χ2v) is 12.6.